The van der Waals surface area contributed by atoms with E-state index in [0.717, 1.165) is 22.4 Å². The van der Waals surface area contributed by atoms with Crippen LogP contribution in [0.15, 0.2) is 65.5 Å². The summed E-state index contributed by atoms with van der Waals surface area (Å²) < 4.78 is 1.30. The first kappa shape index (κ1) is 16.6. The molecular formula is C20H19N3O2. The summed E-state index contributed by atoms with van der Waals surface area (Å²) in [5, 5.41) is 7.10. The predicted molar refractivity (Wildman–Crippen MR) is 97.9 cm³/mol. The summed E-state index contributed by atoms with van der Waals surface area (Å²) in [6, 6.07) is 18.2. The average Bonchev–Trinajstić information content (AvgIpc) is 2.61. The average molecular weight is 333 g/mol. The van der Waals surface area contributed by atoms with Crippen molar-refractivity contribution < 1.29 is 4.79 Å². The van der Waals surface area contributed by atoms with E-state index in [1.807, 2.05) is 62.4 Å². The fraction of sp³-hybridized carbons (Fsp3) is 0.150. The Morgan fingerprint density at radius 3 is 2.32 bits per heavy atom. The number of para-hydroxylation sites is 1. The minimum Gasteiger partial charge on any atom is -0.320 e. The highest BCUT2D eigenvalue weighted by atomic mass is 16.2. The van der Waals surface area contributed by atoms with Crippen LogP contribution in [-0.4, -0.2) is 15.7 Å². The Morgan fingerprint density at radius 1 is 0.960 bits per heavy atom. The normalized spacial score (nSPS) is 10.5. The zero-order chi connectivity index (χ0) is 17.8. The van der Waals surface area contributed by atoms with Crippen LogP contribution in [0.5, 0.6) is 0 Å². The van der Waals surface area contributed by atoms with E-state index >= 15 is 0 Å². The fourth-order valence-electron chi connectivity index (χ4n) is 2.63. The van der Waals surface area contributed by atoms with Crippen LogP contribution in [0.3, 0.4) is 0 Å². The molecule has 0 saturated carbocycles. The molecule has 1 amide bonds. The molecular weight excluding hydrogens is 314 g/mol. The number of hydrogen-bond acceptors (Lipinski definition) is 3. The van der Waals surface area contributed by atoms with E-state index in [1.54, 1.807) is 0 Å². The molecule has 0 saturated heterocycles. The molecule has 0 aliphatic heterocycles. The molecule has 0 radical (unpaired) electrons. The van der Waals surface area contributed by atoms with Gasteiger partial charge in [0.1, 0.15) is 5.69 Å². The summed E-state index contributed by atoms with van der Waals surface area (Å²) in [6.45, 7) is 4.20. The zero-order valence-electron chi connectivity index (χ0n) is 14.2. The number of rotatable bonds is 4. The van der Waals surface area contributed by atoms with Gasteiger partial charge in [0, 0.05) is 11.8 Å². The molecule has 0 bridgehead atoms. The Hall–Kier alpha value is -3.21. The Bertz CT molecular complexity index is 942. The van der Waals surface area contributed by atoms with Gasteiger partial charge < -0.3 is 5.32 Å². The highest BCUT2D eigenvalue weighted by Crippen LogP contribution is 2.19. The molecule has 1 heterocycles. The zero-order valence-corrected chi connectivity index (χ0v) is 14.2. The molecule has 0 aliphatic rings. The lowest BCUT2D eigenvalue weighted by atomic mass is 10.1. The molecule has 25 heavy (non-hydrogen) atoms. The lowest BCUT2D eigenvalue weighted by Crippen LogP contribution is -2.26. The van der Waals surface area contributed by atoms with Gasteiger partial charge in [-0.1, -0.05) is 48.5 Å². The van der Waals surface area contributed by atoms with Gasteiger partial charge in [-0.3, -0.25) is 9.59 Å². The van der Waals surface area contributed by atoms with Crippen molar-refractivity contribution in [2.45, 2.75) is 20.4 Å². The predicted octanol–water partition coefficient (Wildman–Crippen LogP) is 3.16. The van der Waals surface area contributed by atoms with Gasteiger partial charge in [0.2, 0.25) is 0 Å². The van der Waals surface area contributed by atoms with Gasteiger partial charge in [-0.2, -0.15) is 5.10 Å². The van der Waals surface area contributed by atoms with Crippen LogP contribution in [0.4, 0.5) is 5.69 Å². The second kappa shape index (κ2) is 7.13. The third kappa shape index (κ3) is 3.83. The van der Waals surface area contributed by atoms with Gasteiger partial charge >= 0.3 is 0 Å². The fourth-order valence-corrected chi connectivity index (χ4v) is 2.63. The maximum Gasteiger partial charge on any atom is 0.276 e. The summed E-state index contributed by atoms with van der Waals surface area (Å²) in [5.41, 5.74) is 3.64. The molecule has 1 aromatic heterocycles. The maximum absolute atomic E-state index is 12.5. The summed E-state index contributed by atoms with van der Waals surface area (Å²) in [7, 11) is 0. The molecule has 5 heteroatoms. The van der Waals surface area contributed by atoms with Crippen molar-refractivity contribution in [3.8, 4) is 0 Å². The van der Waals surface area contributed by atoms with Crippen molar-refractivity contribution in [1.82, 2.24) is 9.78 Å². The minimum atomic E-state index is -0.334. The molecule has 3 rings (SSSR count). The largest absolute Gasteiger partial charge is 0.320 e. The number of nitrogens with zero attached hydrogens (tertiary/aromatic N) is 2. The van der Waals surface area contributed by atoms with Gasteiger partial charge in [-0.05, 0) is 36.6 Å². The number of amides is 1. The number of nitrogens with one attached hydrogen (secondary N) is 1. The van der Waals surface area contributed by atoms with E-state index < -0.39 is 0 Å². The highest BCUT2D eigenvalue weighted by Gasteiger charge is 2.12. The molecule has 0 fully saturated rings. The summed E-state index contributed by atoms with van der Waals surface area (Å²) in [6.07, 6.45) is 0. The number of carbonyl (C=O) groups excluding carboxylic acids is 1. The topological polar surface area (TPSA) is 64.0 Å². The van der Waals surface area contributed by atoms with Crippen molar-refractivity contribution in [1.29, 1.82) is 0 Å². The quantitative estimate of drug-likeness (QED) is 0.798. The van der Waals surface area contributed by atoms with Crippen LogP contribution in [0, 0.1) is 13.8 Å². The van der Waals surface area contributed by atoms with Gasteiger partial charge in [0.05, 0.1) is 6.54 Å². The molecule has 0 aliphatic carbocycles. The first-order chi connectivity index (χ1) is 12.0. The van der Waals surface area contributed by atoms with E-state index in [4.69, 9.17) is 0 Å². The van der Waals surface area contributed by atoms with Crippen LogP contribution >= 0.6 is 0 Å². The first-order valence-corrected chi connectivity index (χ1v) is 8.04. The van der Waals surface area contributed by atoms with E-state index in [9.17, 15) is 9.59 Å². The summed E-state index contributed by atoms with van der Waals surface area (Å²) >= 11 is 0. The third-order valence-corrected chi connectivity index (χ3v) is 3.99. The van der Waals surface area contributed by atoms with Gasteiger partial charge in [0.15, 0.2) is 0 Å². The molecule has 126 valence electrons. The SMILES string of the molecule is Cc1cccc(C)c1NC(=O)c1ccc(=O)n(Cc2ccccc2)n1. The standard InChI is InChI=1S/C20H19N3O2/c1-14-7-6-8-15(2)19(14)21-20(25)17-11-12-18(24)23(22-17)13-16-9-4-3-5-10-16/h3-12H,13H2,1-2H3,(H,21,25). The van der Waals surface area contributed by atoms with Crippen LogP contribution in [-0.2, 0) is 6.54 Å². The number of anilines is 1. The summed E-state index contributed by atoms with van der Waals surface area (Å²) in [5.74, 6) is -0.334. The van der Waals surface area contributed by atoms with E-state index in [1.165, 1.54) is 16.8 Å². The van der Waals surface area contributed by atoms with Crippen LogP contribution in [0.1, 0.15) is 27.2 Å². The molecule has 2 aromatic carbocycles. The lowest BCUT2D eigenvalue weighted by Gasteiger charge is -2.12. The van der Waals surface area contributed by atoms with Crippen molar-refractivity contribution in [3.05, 3.63) is 93.4 Å². The number of hydrogen-bond donors (Lipinski definition) is 1. The minimum absolute atomic E-state index is 0.207. The third-order valence-electron chi connectivity index (χ3n) is 3.99. The van der Waals surface area contributed by atoms with Gasteiger partial charge in [-0.25, -0.2) is 4.68 Å². The number of aryl methyl sites for hydroxylation is 2. The van der Waals surface area contributed by atoms with Crippen molar-refractivity contribution in [2.24, 2.45) is 0 Å². The number of carbonyl (C=O) groups is 1. The molecule has 0 spiro atoms. The van der Waals surface area contributed by atoms with Crippen molar-refractivity contribution in [3.63, 3.8) is 0 Å². The monoisotopic (exact) mass is 333 g/mol. The molecule has 0 unspecified atom stereocenters. The first-order valence-electron chi connectivity index (χ1n) is 8.04. The Kier molecular flexibility index (Phi) is 4.75. The van der Waals surface area contributed by atoms with Crippen LogP contribution < -0.4 is 10.9 Å². The molecule has 0 atom stereocenters. The Morgan fingerprint density at radius 2 is 1.64 bits per heavy atom. The van der Waals surface area contributed by atoms with Crippen LogP contribution in [0.2, 0.25) is 0 Å². The smallest absolute Gasteiger partial charge is 0.276 e. The van der Waals surface area contributed by atoms with Crippen molar-refractivity contribution >= 4 is 11.6 Å². The molecule has 1 N–H and O–H groups in total. The number of benzene rings is 2. The van der Waals surface area contributed by atoms with Gasteiger partial charge in [-0.15, -0.1) is 0 Å². The second-order valence-corrected chi connectivity index (χ2v) is 5.92. The van der Waals surface area contributed by atoms with Gasteiger partial charge in [0.25, 0.3) is 11.5 Å². The molecule has 3 aromatic rings. The summed E-state index contributed by atoms with van der Waals surface area (Å²) in [4.78, 5) is 24.6. The van der Waals surface area contributed by atoms with Crippen molar-refractivity contribution in [2.75, 3.05) is 5.32 Å². The number of aromatic nitrogens is 2. The van der Waals surface area contributed by atoms with E-state index in [0.29, 0.717) is 6.54 Å². The highest BCUT2D eigenvalue weighted by molar-refractivity contribution is 6.03. The van der Waals surface area contributed by atoms with E-state index in [2.05, 4.69) is 10.4 Å². The Labute approximate surface area is 145 Å². The van der Waals surface area contributed by atoms with Crippen LogP contribution in [0.25, 0.3) is 0 Å². The van der Waals surface area contributed by atoms with E-state index in [-0.39, 0.29) is 17.2 Å². The maximum atomic E-state index is 12.5. The molecule has 5 nitrogen and oxygen atoms in total. The Balaban J connectivity index is 1.86. The lowest BCUT2D eigenvalue weighted by molar-refractivity contribution is 0.101. The second-order valence-electron chi connectivity index (χ2n) is 5.92.